The molecule has 0 unspecified atom stereocenters. The van der Waals surface area contributed by atoms with Crippen LogP contribution in [0.3, 0.4) is 0 Å². The summed E-state index contributed by atoms with van der Waals surface area (Å²) >= 11 is 0. The molecule has 5 heteroatoms. The molecule has 0 amide bonds. The minimum atomic E-state index is -0.261. The number of H-pyrrole nitrogens is 1. The summed E-state index contributed by atoms with van der Waals surface area (Å²) in [4.78, 5) is 4.27. The van der Waals surface area contributed by atoms with Crippen molar-refractivity contribution >= 4 is 5.82 Å². The number of rotatable bonds is 2. The third-order valence-electron chi connectivity index (χ3n) is 3.18. The molecule has 0 bridgehead atoms. The van der Waals surface area contributed by atoms with Crippen molar-refractivity contribution in [3.8, 4) is 22.5 Å². The number of halogens is 1. The van der Waals surface area contributed by atoms with Crippen molar-refractivity contribution in [2.24, 2.45) is 0 Å². The minimum absolute atomic E-state index is 0.261. The van der Waals surface area contributed by atoms with Gasteiger partial charge in [0.1, 0.15) is 5.82 Å². The number of hydrogen-bond donors (Lipinski definition) is 2. The number of aromatic nitrogens is 3. The lowest BCUT2D eigenvalue weighted by molar-refractivity contribution is 0.619. The molecule has 3 N–H and O–H groups in total. The summed E-state index contributed by atoms with van der Waals surface area (Å²) in [5.74, 6) is 0.0855. The Balaban J connectivity index is 2.18. The second-order valence-corrected chi connectivity index (χ2v) is 4.54. The molecule has 100 valence electrons. The van der Waals surface area contributed by atoms with Crippen LogP contribution in [0.15, 0.2) is 42.6 Å². The highest BCUT2D eigenvalue weighted by molar-refractivity contribution is 5.86. The average molecular weight is 268 g/mol. The van der Waals surface area contributed by atoms with Crippen molar-refractivity contribution in [1.82, 2.24) is 15.2 Å². The molecule has 0 saturated carbocycles. The van der Waals surface area contributed by atoms with Crippen LogP contribution < -0.4 is 5.73 Å². The van der Waals surface area contributed by atoms with E-state index in [9.17, 15) is 4.39 Å². The third kappa shape index (κ3) is 2.03. The second kappa shape index (κ2) is 4.77. The highest BCUT2D eigenvalue weighted by atomic mass is 19.1. The number of nitrogen functional groups attached to an aromatic ring is 1. The predicted molar refractivity (Wildman–Crippen MR) is 76.4 cm³/mol. The maximum Gasteiger partial charge on any atom is 0.155 e. The van der Waals surface area contributed by atoms with E-state index in [1.54, 1.807) is 19.2 Å². The third-order valence-corrected chi connectivity index (χ3v) is 3.18. The maximum absolute atomic E-state index is 13.7. The molecule has 4 nitrogen and oxygen atoms in total. The number of benzene rings is 1. The van der Waals surface area contributed by atoms with E-state index in [0.717, 1.165) is 0 Å². The van der Waals surface area contributed by atoms with E-state index in [1.807, 2.05) is 24.3 Å². The summed E-state index contributed by atoms with van der Waals surface area (Å²) in [6.45, 7) is 1.72. The van der Waals surface area contributed by atoms with E-state index in [4.69, 9.17) is 5.73 Å². The summed E-state index contributed by atoms with van der Waals surface area (Å²) in [5.41, 5.74) is 9.25. The van der Waals surface area contributed by atoms with Crippen LogP contribution in [0.25, 0.3) is 22.5 Å². The molecule has 2 heterocycles. The predicted octanol–water partition coefficient (Wildman–Crippen LogP) is 3.17. The summed E-state index contributed by atoms with van der Waals surface area (Å²) in [6, 6.07) is 10.6. The van der Waals surface area contributed by atoms with Gasteiger partial charge < -0.3 is 5.73 Å². The minimum Gasteiger partial charge on any atom is -0.382 e. The Labute approximate surface area is 115 Å². The molecule has 0 fully saturated rings. The SMILES string of the molecule is Cc1ccc(-c2[nH]nc(N)c2-c2ccccn2)cc1F. The fourth-order valence-corrected chi connectivity index (χ4v) is 2.08. The van der Waals surface area contributed by atoms with Crippen molar-refractivity contribution in [2.45, 2.75) is 6.92 Å². The number of aromatic amines is 1. The van der Waals surface area contributed by atoms with Crippen LogP contribution in [0.5, 0.6) is 0 Å². The first kappa shape index (κ1) is 12.3. The molecule has 0 aliphatic carbocycles. The molecule has 0 aliphatic rings. The summed E-state index contributed by atoms with van der Waals surface area (Å²) in [5, 5.41) is 6.87. The first-order valence-corrected chi connectivity index (χ1v) is 6.18. The summed E-state index contributed by atoms with van der Waals surface area (Å²) in [6.07, 6.45) is 1.68. The molecule has 3 rings (SSSR count). The van der Waals surface area contributed by atoms with Gasteiger partial charge in [-0.3, -0.25) is 10.1 Å². The van der Waals surface area contributed by atoms with Gasteiger partial charge in [-0.1, -0.05) is 18.2 Å². The maximum atomic E-state index is 13.7. The molecule has 0 atom stereocenters. The fourth-order valence-electron chi connectivity index (χ4n) is 2.08. The van der Waals surface area contributed by atoms with Crippen molar-refractivity contribution in [2.75, 3.05) is 5.73 Å². The molecule has 3 aromatic rings. The van der Waals surface area contributed by atoms with Gasteiger partial charge in [-0.2, -0.15) is 5.10 Å². The number of nitrogens with one attached hydrogen (secondary N) is 1. The molecule has 1 aromatic carbocycles. The normalized spacial score (nSPS) is 10.7. The first-order chi connectivity index (χ1) is 9.66. The molecule has 0 saturated heterocycles. The van der Waals surface area contributed by atoms with Gasteiger partial charge in [-0.05, 0) is 30.7 Å². The lowest BCUT2D eigenvalue weighted by Crippen LogP contribution is -1.91. The van der Waals surface area contributed by atoms with Gasteiger partial charge in [0.15, 0.2) is 5.82 Å². The van der Waals surface area contributed by atoms with E-state index in [0.29, 0.717) is 33.9 Å². The first-order valence-electron chi connectivity index (χ1n) is 6.18. The molecule has 0 radical (unpaired) electrons. The highest BCUT2D eigenvalue weighted by Crippen LogP contribution is 2.33. The van der Waals surface area contributed by atoms with Crippen molar-refractivity contribution in [3.63, 3.8) is 0 Å². The monoisotopic (exact) mass is 268 g/mol. The number of aryl methyl sites for hydroxylation is 1. The Bertz CT molecular complexity index is 750. The Morgan fingerprint density at radius 3 is 2.75 bits per heavy atom. The van der Waals surface area contributed by atoms with Crippen LogP contribution in [-0.4, -0.2) is 15.2 Å². The Kier molecular flexibility index (Phi) is 2.95. The Hall–Kier alpha value is -2.69. The molecule has 0 aliphatic heterocycles. The molecule has 2 aromatic heterocycles. The molecule has 0 spiro atoms. The standard InChI is InChI=1S/C15H13FN4/c1-9-5-6-10(8-11(9)16)14-13(15(17)20-19-14)12-4-2-3-7-18-12/h2-8H,1H3,(H3,17,19,20). The number of hydrogen-bond acceptors (Lipinski definition) is 3. The number of anilines is 1. The highest BCUT2D eigenvalue weighted by Gasteiger charge is 2.16. The smallest absolute Gasteiger partial charge is 0.155 e. The van der Waals surface area contributed by atoms with E-state index in [-0.39, 0.29) is 5.82 Å². The largest absolute Gasteiger partial charge is 0.382 e. The van der Waals surface area contributed by atoms with Gasteiger partial charge >= 0.3 is 0 Å². The summed E-state index contributed by atoms with van der Waals surface area (Å²) in [7, 11) is 0. The lowest BCUT2D eigenvalue weighted by atomic mass is 10.0. The van der Waals surface area contributed by atoms with Gasteiger partial charge in [0.05, 0.1) is 17.0 Å². The van der Waals surface area contributed by atoms with Crippen LogP contribution in [0.1, 0.15) is 5.56 Å². The van der Waals surface area contributed by atoms with Gasteiger partial charge in [-0.25, -0.2) is 4.39 Å². The zero-order valence-corrected chi connectivity index (χ0v) is 10.9. The van der Waals surface area contributed by atoms with Crippen LogP contribution in [-0.2, 0) is 0 Å². The fraction of sp³-hybridized carbons (Fsp3) is 0.0667. The van der Waals surface area contributed by atoms with Crippen LogP contribution in [0.2, 0.25) is 0 Å². The second-order valence-electron chi connectivity index (χ2n) is 4.54. The number of nitrogens with two attached hydrogens (primary N) is 1. The summed E-state index contributed by atoms with van der Waals surface area (Å²) < 4.78 is 13.7. The zero-order valence-electron chi connectivity index (χ0n) is 10.9. The van der Waals surface area contributed by atoms with Gasteiger partial charge in [0.2, 0.25) is 0 Å². The topological polar surface area (TPSA) is 67.6 Å². The molecular weight excluding hydrogens is 255 g/mol. The van der Waals surface area contributed by atoms with Gasteiger partial charge in [0, 0.05) is 11.8 Å². The van der Waals surface area contributed by atoms with E-state index in [1.165, 1.54) is 6.07 Å². The van der Waals surface area contributed by atoms with Crippen molar-refractivity contribution < 1.29 is 4.39 Å². The van der Waals surface area contributed by atoms with Gasteiger partial charge in [-0.15, -0.1) is 0 Å². The van der Waals surface area contributed by atoms with Crippen LogP contribution in [0, 0.1) is 12.7 Å². The zero-order chi connectivity index (χ0) is 14.1. The van der Waals surface area contributed by atoms with Crippen molar-refractivity contribution in [3.05, 3.63) is 54.0 Å². The number of pyridine rings is 1. The Morgan fingerprint density at radius 2 is 2.05 bits per heavy atom. The molecular formula is C15H13FN4. The van der Waals surface area contributed by atoms with E-state index in [2.05, 4.69) is 15.2 Å². The van der Waals surface area contributed by atoms with Crippen molar-refractivity contribution in [1.29, 1.82) is 0 Å². The molecule has 20 heavy (non-hydrogen) atoms. The lowest BCUT2D eigenvalue weighted by Gasteiger charge is -2.05. The Morgan fingerprint density at radius 1 is 1.20 bits per heavy atom. The van der Waals surface area contributed by atoms with E-state index >= 15 is 0 Å². The average Bonchev–Trinajstić information content (AvgIpc) is 2.85. The quantitative estimate of drug-likeness (QED) is 0.750. The van der Waals surface area contributed by atoms with Crippen LogP contribution in [0.4, 0.5) is 10.2 Å². The van der Waals surface area contributed by atoms with E-state index < -0.39 is 0 Å². The van der Waals surface area contributed by atoms with Gasteiger partial charge in [0.25, 0.3) is 0 Å². The number of nitrogens with zero attached hydrogens (tertiary/aromatic N) is 2. The van der Waals surface area contributed by atoms with Crippen LogP contribution >= 0.6 is 0 Å².